The molecule has 2 heterocycles. The monoisotopic (exact) mass is 392 g/mol. The van der Waals surface area contributed by atoms with E-state index in [4.69, 9.17) is 0 Å². The van der Waals surface area contributed by atoms with Gasteiger partial charge < -0.3 is 0 Å². The molecule has 0 unspecified atom stereocenters. The maximum atomic E-state index is 13.9. The Morgan fingerprint density at radius 1 is 1.14 bits per heavy atom. The SMILES string of the molecule is Cc1ccc(-c2csc3ncn(CC(=O)c4ccccc4F)c(=O)c23)cc1C. The topological polar surface area (TPSA) is 52.0 Å². The number of ketones is 1. The zero-order valence-corrected chi connectivity index (χ0v) is 16.2. The first-order chi connectivity index (χ1) is 13.5. The molecule has 0 fully saturated rings. The minimum Gasteiger partial charge on any atom is -0.292 e. The van der Waals surface area contributed by atoms with Gasteiger partial charge in [-0.05, 0) is 42.7 Å². The summed E-state index contributed by atoms with van der Waals surface area (Å²) in [4.78, 5) is 30.5. The van der Waals surface area contributed by atoms with Gasteiger partial charge in [0.15, 0.2) is 5.78 Å². The third-order valence-corrected chi connectivity index (χ3v) is 5.75. The molecule has 0 aliphatic rings. The molecule has 0 atom stereocenters. The van der Waals surface area contributed by atoms with Gasteiger partial charge in [0.2, 0.25) is 0 Å². The molecular formula is C22H17FN2O2S. The van der Waals surface area contributed by atoms with Crippen LogP contribution in [-0.2, 0) is 6.54 Å². The van der Waals surface area contributed by atoms with E-state index in [-0.39, 0.29) is 17.7 Å². The average molecular weight is 392 g/mol. The fraction of sp³-hybridized carbons (Fsp3) is 0.136. The van der Waals surface area contributed by atoms with Gasteiger partial charge in [-0.15, -0.1) is 11.3 Å². The smallest absolute Gasteiger partial charge is 0.263 e. The van der Waals surface area contributed by atoms with Gasteiger partial charge in [0.1, 0.15) is 10.6 Å². The predicted molar refractivity (Wildman–Crippen MR) is 110 cm³/mol. The number of Topliss-reactive ketones (excluding diaryl/α,β-unsaturated/α-hetero) is 1. The fourth-order valence-electron chi connectivity index (χ4n) is 3.13. The normalized spacial score (nSPS) is 11.1. The molecule has 0 aliphatic heterocycles. The van der Waals surface area contributed by atoms with E-state index in [0.717, 1.165) is 16.7 Å². The summed E-state index contributed by atoms with van der Waals surface area (Å²) in [5.41, 5.74) is 3.71. The second-order valence-corrected chi connectivity index (χ2v) is 7.57. The molecule has 0 radical (unpaired) electrons. The maximum absolute atomic E-state index is 13.9. The summed E-state index contributed by atoms with van der Waals surface area (Å²) >= 11 is 1.39. The van der Waals surface area contributed by atoms with Crippen molar-refractivity contribution in [3.05, 3.63) is 87.0 Å². The third kappa shape index (κ3) is 3.16. The Morgan fingerprint density at radius 2 is 1.93 bits per heavy atom. The van der Waals surface area contributed by atoms with Crippen LogP contribution in [0.5, 0.6) is 0 Å². The van der Waals surface area contributed by atoms with Gasteiger partial charge in [0.05, 0.1) is 23.8 Å². The number of nitrogens with zero attached hydrogens (tertiary/aromatic N) is 2. The van der Waals surface area contributed by atoms with Crippen LogP contribution in [0.1, 0.15) is 21.5 Å². The van der Waals surface area contributed by atoms with Crippen LogP contribution in [0.4, 0.5) is 4.39 Å². The average Bonchev–Trinajstić information content (AvgIpc) is 3.11. The molecule has 0 spiro atoms. The van der Waals surface area contributed by atoms with Crippen LogP contribution in [0.25, 0.3) is 21.3 Å². The number of carbonyl (C=O) groups excluding carboxylic acids is 1. The zero-order chi connectivity index (χ0) is 19.8. The van der Waals surface area contributed by atoms with Gasteiger partial charge >= 0.3 is 0 Å². The molecule has 4 rings (SSSR count). The Balaban J connectivity index is 1.78. The van der Waals surface area contributed by atoms with Gasteiger partial charge in [-0.1, -0.05) is 30.3 Å². The molecule has 2 aromatic carbocycles. The Labute approximate surface area is 164 Å². The first kappa shape index (κ1) is 18.3. The van der Waals surface area contributed by atoms with Crippen LogP contribution >= 0.6 is 11.3 Å². The van der Waals surface area contributed by atoms with Crippen LogP contribution in [-0.4, -0.2) is 15.3 Å². The highest BCUT2D eigenvalue weighted by molar-refractivity contribution is 7.17. The highest BCUT2D eigenvalue weighted by atomic mass is 32.1. The van der Waals surface area contributed by atoms with E-state index in [2.05, 4.69) is 4.98 Å². The second-order valence-electron chi connectivity index (χ2n) is 6.71. The summed E-state index contributed by atoms with van der Waals surface area (Å²) in [7, 11) is 0. The van der Waals surface area contributed by atoms with Gasteiger partial charge in [-0.2, -0.15) is 0 Å². The summed E-state index contributed by atoms with van der Waals surface area (Å²) in [6.07, 6.45) is 1.35. The molecule has 140 valence electrons. The zero-order valence-electron chi connectivity index (χ0n) is 15.4. The highest BCUT2D eigenvalue weighted by Gasteiger charge is 2.17. The number of hydrogen-bond acceptors (Lipinski definition) is 4. The van der Waals surface area contributed by atoms with E-state index in [9.17, 15) is 14.0 Å². The van der Waals surface area contributed by atoms with Crippen LogP contribution in [0.15, 0.2) is 59.0 Å². The minimum atomic E-state index is -0.596. The van der Waals surface area contributed by atoms with E-state index in [1.54, 1.807) is 6.07 Å². The van der Waals surface area contributed by atoms with E-state index >= 15 is 0 Å². The molecule has 4 nitrogen and oxygen atoms in total. The van der Waals surface area contributed by atoms with Gasteiger partial charge in [0, 0.05) is 10.9 Å². The molecule has 28 heavy (non-hydrogen) atoms. The quantitative estimate of drug-likeness (QED) is 0.470. The van der Waals surface area contributed by atoms with Crippen molar-refractivity contribution < 1.29 is 9.18 Å². The van der Waals surface area contributed by atoms with Crippen molar-refractivity contribution in [2.24, 2.45) is 0 Å². The Kier molecular flexibility index (Phi) is 4.65. The van der Waals surface area contributed by atoms with Crippen molar-refractivity contribution in [1.29, 1.82) is 0 Å². The highest BCUT2D eigenvalue weighted by Crippen LogP contribution is 2.31. The number of aromatic nitrogens is 2. The molecule has 0 bridgehead atoms. The molecule has 0 amide bonds. The van der Waals surface area contributed by atoms with E-state index in [1.807, 2.05) is 37.4 Å². The summed E-state index contributed by atoms with van der Waals surface area (Å²) in [5, 5.41) is 2.39. The number of aryl methyl sites for hydroxylation is 2. The minimum absolute atomic E-state index is 0.0331. The first-order valence-electron chi connectivity index (χ1n) is 8.77. The molecule has 6 heteroatoms. The lowest BCUT2D eigenvalue weighted by Crippen LogP contribution is -2.25. The second kappa shape index (κ2) is 7.13. The number of halogens is 1. The summed E-state index contributed by atoms with van der Waals surface area (Å²) < 4.78 is 15.1. The predicted octanol–water partition coefficient (Wildman–Crippen LogP) is 4.76. The fourth-order valence-corrected chi connectivity index (χ4v) is 4.04. The molecule has 0 saturated heterocycles. The lowest BCUT2D eigenvalue weighted by molar-refractivity contribution is 0.0966. The number of thiophene rings is 1. The number of rotatable bonds is 4. The summed E-state index contributed by atoms with van der Waals surface area (Å²) in [5.74, 6) is -1.06. The molecule has 0 saturated carbocycles. The Morgan fingerprint density at radius 3 is 2.68 bits per heavy atom. The third-order valence-electron chi connectivity index (χ3n) is 4.87. The van der Waals surface area contributed by atoms with Crippen LogP contribution in [0.3, 0.4) is 0 Å². The molecule has 2 aromatic heterocycles. The number of fused-ring (bicyclic) bond motifs is 1. The number of carbonyl (C=O) groups is 1. The molecule has 0 aliphatic carbocycles. The van der Waals surface area contributed by atoms with Crippen molar-refractivity contribution in [3.8, 4) is 11.1 Å². The molecule has 4 aromatic rings. The lowest BCUT2D eigenvalue weighted by atomic mass is 10.0. The van der Waals surface area contributed by atoms with Crippen LogP contribution in [0, 0.1) is 19.7 Å². The van der Waals surface area contributed by atoms with Crippen LogP contribution in [0.2, 0.25) is 0 Å². The van der Waals surface area contributed by atoms with E-state index < -0.39 is 11.6 Å². The largest absolute Gasteiger partial charge is 0.292 e. The van der Waals surface area contributed by atoms with Crippen molar-refractivity contribution in [2.75, 3.05) is 0 Å². The van der Waals surface area contributed by atoms with E-state index in [1.165, 1.54) is 46.0 Å². The molecular weight excluding hydrogens is 375 g/mol. The van der Waals surface area contributed by atoms with E-state index in [0.29, 0.717) is 10.2 Å². The van der Waals surface area contributed by atoms with Gasteiger partial charge in [-0.25, -0.2) is 9.37 Å². The van der Waals surface area contributed by atoms with Gasteiger partial charge in [0.25, 0.3) is 5.56 Å². The first-order valence-corrected chi connectivity index (χ1v) is 9.65. The van der Waals surface area contributed by atoms with Crippen molar-refractivity contribution in [3.63, 3.8) is 0 Å². The summed E-state index contributed by atoms with van der Waals surface area (Å²) in [6.45, 7) is 3.80. The lowest BCUT2D eigenvalue weighted by Gasteiger charge is -2.07. The Bertz CT molecular complexity index is 1270. The number of benzene rings is 2. The van der Waals surface area contributed by atoms with Crippen molar-refractivity contribution in [1.82, 2.24) is 9.55 Å². The standard InChI is InChI=1S/C22H17FN2O2S/c1-13-7-8-15(9-14(13)2)17-11-28-21-20(17)22(27)25(12-24-21)10-19(26)16-5-3-4-6-18(16)23/h3-9,11-12H,10H2,1-2H3. The van der Waals surface area contributed by atoms with Crippen LogP contribution < -0.4 is 5.56 Å². The Hall–Kier alpha value is -3.12. The van der Waals surface area contributed by atoms with Gasteiger partial charge in [-0.3, -0.25) is 14.2 Å². The maximum Gasteiger partial charge on any atom is 0.263 e. The number of hydrogen-bond donors (Lipinski definition) is 0. The van der Waals surface area contributed by atoms with Crippen molar-refractivity contribution in [2.45, 2.75) is 20.4 Å². The summed E-state index contributed by atoms with van der Waals surface area (Å²) in [6, 6.07) is 11.8. The molecule has 0 N–H and O–H groups in total. The van der Waals surface area contributed by atoms with Crippen molar-refractivity contribution >= 4 is 27.3 Å².